The SMILES string of the molecule is O=C(c1ncccc1O)N1CC[C@]2(c3c(n(CC(O)Nc4ccc(C(F)(F)F)cc4Cl)c4nc(C5=CCOCC5)nn4c3=O)[C@@H]3C[C@@H]32)[C@H]2CC[C@H]21. The molecule has 3 aliphatic carbocycles. The second-order valence-electron chi connectivity index (χ2n) is 14.1. The van der Waals surface area contributed by atoms with Crippen molar-refractivity contribution in [2.75, 3.05) is 25.1 Å². The Hall–Kier alpha value is -4.47. The molecule has 1 aromatic carbocycles. The molecule has 51 heavy (non-hydrogen) atoms. The summed E-state index contributed by atoms with van der Waals surface area (Å²) in [5.41, 5.74) is 0.680. The van der Waals surface area contributed by atoms with E-state index in [1.165, 1.54) is 22.8 Å². The largest absolute Gasteiger partial charge is 0.505 e. The lowest BCUT2D eigenvalue weighted by atomic mass is 9.54. The van der Waals surface area contributed by atoms with Gasteiger partial charge in [-0.05, 0) is 79.8 Å². The van der Waals surface area contributed by atoms with Gasteiger partial charge in [-0.25, -0.2) is 4.98 Å². The zero-order valence-corrected chi connectivity index (χ0v) is 27.9. The van der Waals surface area contributed by atoms with Crippen LogP contribution >= 0.6 is 11.6 Å². The third kappa shape index (κ3) is 4.91. The van der Waals surface area contributed by atoms with Crippen LogP contribution in [0.1, 0.15) is 71.2 Å². The molecule has 1 amide bonds. The predicted molar refractivity (Wildman–Crippen MR) is 177 cm³/mol. The molecule has 6 atom stereocenters. The topological polar surface area (TPSA) is 147 Å². The summed E-state index contributed by atoms with van der Waals surface area (Å²) in [5.74, 6) is 0.295. The number of aromatic hydroxyl groups is 1. The average molecular weight is 724 g/mol. The maximum atomic E-state index is 14.7. The monoisotopic (exact) mass is 723 g/mol. The number of nitrogens with zero attached hydrogens (tertiary/aromatic N) is 6. The first-order valence-electron chi connectivity index (χ1n) is 17.0. The highest BCUT2D eigenvalue weighted by Gasteiger charge is 2.70. The van der Waals surface area contributed by atoms with Crippen molar-refractivity contribution >= 4 is 34.5 Å². The zero-order valence-electron chi connectivity index (χ0n) is 27.1. The van der Waals surface area contributed by atoms with Crippen LogP contribution in [-0.2, 0) is 22.9 Å². The second kappa shape index (κ2) is 11.5. The Bertz CT molecular complexity index is 2200. The summed E-state index contributed by atoms with van der Waals surface area (Å²) in [6.45, 7) is 1.16. The highest BCUT2D eigenvalue weighted by Crippen LogP contribution is 2.72. The number of anilines is 1. The quantitative estimate of drug-likeness (QED) is 0.244. The lowest BCUT2D eigenvalue weighted by Gasteiger charge is -2.58. The van der Waals surface area contributed by atoms with Crippen molar-refractivity contribution in [2.24, 2.45) is 11.8 Å². The van der Waals surface area contributed by atoms with Crippen molar-refractivity contribution in [3.05, 3.63) is 86.3 Å². The third-order valence-corrected chi connectivity index (χ3v) is 11.9. The van der Waals surface area contributed by atoms with Gasteiger partial charge in [-0.1, -0.05) is 17.7 Å². The molecular weight excluding hydrogens is 691 g/mol. The molecular formula is C35H33ClF3N7O5. The van der Waals surface area contributed by atoms with Gasteiger partial charge in [-0.3, -0.25) is 9.59 Å². The van der Waals surface area contributed by atoms with Crippen LogP contribution in [0.25, 0.3) is 11.4 Å². The number of piperidine rings is 1. The molecule has 12 nitrogen and oxygen atoms in total. The zero-order chi connectivity index (χ0) is 35.4. The number of carbonyl (C=O) groups excluding carboxylic acids is 1. The summed E-state index contributed by atoms with van der Waals surface area (Å²) in [7, 11) is 0. The summed E-state index contributed by atoms with van der Waals surface area (Å²) in [5, 5.41) is 29.2. The first kappa shape index (κ1) is 32.4. The molecule has 266 valence electrons. The molecule has 1 saturated heterocycles. The third-order valence-electron chi connectivity index (χ3n) is 11.6. The van der Waals surface area contributed by atoms with Gasteiger partial charge in [0.05, 0.1) is 36.0 Å². The van der Waals surface area contributed by atoms with E-state index in [-0.39, 0.29) is 69.7 Å². The Morgan fingerprint density at radius 1 is 1.22 bits per heavy atom. The van der Waals surface area contributed by atoms with Crippen LogP contribution in [0, 0.1) is 11.8 Å². The molecule has 1 unspecified atom stereocenters. The fourth-order valence-corrected chi connectivity index (χ4v) is 9.47. The van der Waals surface area contributed by atoms with Crippen LogP contribution < -0.4 is 10.9 Å². The van der Waals surface area contributed by atoms with Crippen molar-refractivity contribution in [1.82, 2.24) is 29.0 Å². The maximum Gasteiger partial charge on any atom is 0.416 e. The number of alkyl halides is 3. The first-order valence-corrected chi connectivity index (χ1v) is 17.4. The Labute approximate surface area is 293 Å². The number of ether oxygens (including phenoxy) is 1. The van der Waals surface area contributed by atoms with Gasteiger partial charge >= 0.3 is 6.18 Å². The smallest absolute Gasteiger partial charge is 0.416 e. The van der Waals surface area contributed by atoms with E-state index in [1.54, 1.807) is 11.0 Å². The Morgan fingerprint density at radius 2 is 2.06 bits per heavy atom. The van der Waals surface area contributed by atoms with Crippen molar-refractivity contribution in [1.29, 1.82) is 0 Å². The van der Waals surface area contributed by atoms with Crippen LogP contribution in [-0.4, -0.2) is 77.2 Å². The van der Waals surface area contributed by atoms with Crippen LogP contribution in [0.15, 0.2) is 47.4 Å². The van der Waals surface area contributed by atoms with E-state index >= 15 is 0 Å². The number of nitrogens with one attached hydrogen (secondary N) is 1. The first-order chi connectivity index (χ1) is 24.5. The van der Waals surface area contributed by atoms with E-state index in [0.717, 1.165) is 42.7 Å². The highest BCUT2D eigenvalue weighted by atomic mass is 35.5. The number of likely N-dealkylation sites (tertiary alicyclic amines) is 1. The summed E-state index contributed by atoms with van der Waals surface area (Å²) < 4.78 is 48.5. The number of fused-ring (bicyclic) bond motifs is 8. The number of aromatic nitrogens is 5. The van der Waals surface area contributed by atoms with Gasteiger partial charge in [0, 0.05) is 41.4 Å². The van der Waals surface area contributed by atoms with Gasteiger partial charge in [0.1, 0.15) is 12.0 Å². The van der Waals surface area contributed by atoms with E-state index in [4.69, 9.17) is 26.4 Å². The number of rotatable bonds is 6. The van der Waals surface area contributed by atoms with E-state index in [1.807, 2.05) is 10.6 Å². The molecule has 3 N–H and O–H groups in total. The number of pyridine rings is 1. The summed E-state index contributed by atoms with van der Waals surface area (Å²) in [6.07, 6.45) is 0.963. The highest BCUT2D eigenvalue weighted by molar-refractivity contribution is 6.33. The number of aliphatic hydroxyl groups is 1. The maximum absolute atomic E-state index is 14.7. The molecule has 0 bridgehead atoms. The number of carbonyl (C=O) groups is 1. The number of benzene rings is 1. The minimum Gasteiger partial charge on any atom is -0.505 e. The molecule has 2 aliphatic heterocycles. The Morgan fingerprint density at radius 3 is 2.76 bits per heavy atom. The predicted octanol–water partition coefficient (Wildman–Crippen LogP) is 4.58. The normalized spacial score (nSPS) is 27.0. The van der Waals surface area contributed by atoms with Gasteiger partial charge in [0.15, 0.2) is 11.5 Å². The second-order valence-corrected chi connectivity index (χ2v) is 14.5. The van der Waals surface area contributed by atoms with Crippen LogP contribution in [0.3, 0.4) is 0 Å². The lowest BCUT2D eigenvalue weighted by Crippen LogP contribution is -2.64. The summed E-state index contributed by atoms with van der Waals surface area (Å²) in [6, 6.07) is 5.74. The van der Waals surface area contributed by atoms with E-state index in [0.29, 0.717) is 44.0 Å². The minimum atomic E-state index is -4.58. The number of hydrogen-bond acceptors (Lipinski definition) is 9. The van der Waals surface area contributed by atoms with Crippen LogP contribution in [0.2, 0.25) is 5.02 Å². The molecule has 0 radical (unpaired) electrons. The molecule has 5 heterocycles. The van der Waals surface area contributed by atoms with Crippen molar-refractivity contribution in [2.45, 2.75) is 68.4 Å². The molecule has 3 fully saturated rings. The van der Waals surface area contributed by atoms with Gasteiger partial charge in [-0.2, -0.15) is 22.7 Å². The number of aliphatic hydroxyl groups excluding tert-OH is 1. The summed E-state index contributed by atoms with van der Waals surface area (Å²) >= 11 is 6.22. The number of halogens is 4. The van der Waals surface area contributed by atoms with Crippen molar-refractivity contribution in [3.8, 4) is 5.75 Å². The molecule has 4 aromatic rings. The Kier molecular flexibility index (Phi) is 7.33. The van der Waals surface area contributed by atoms with Crippen molar-refractivity contribution < 1.29 is 32.9 Å². The van der Waals surface area contributed by atoms with Crippen LogP contribution in [0.5, 0.6) is 5.75 Å². The Balaban J connectivity index is 1.12. The molecule has 16 heteroatoms. The molecule has 1 spiro atoms. The van der Waals surface area contributed by atoms with Gasteiger partial charge in [-0.15, -0.1) is 5.10 Å². The van der Waals surface area contributed by atoms with E-state index < -0.39 is 23.4 Å². The van der Waals surface area contributed by atoms with Gasteiger partial charge in [0.2, 0.25) is 5.78 Å². The molecule has 3 aromatic heterocycles. The fourth-order valence-electron chi connectivity index (χ4n) is 9.23. The molecule has 9 rings (SSSR count). The van der Waals surface area contributed by atoms with Crippen LogP contribution in [0.4, 0.5) is 18.9 Å². The standard InChI is InChI=1S/C35H33ClF3N7O5/c36-22-14-18(35(37,38)39)3-5-23(22)41-26(48)16-45-29-19-15-21(19)34(27(29)31(49)46-33(45)42-30(43-46)17-7-12-51-13-8-17)9-11-44(24-6-4-20(24)34)32(50)28-25(47)2-1-10-40-28/h1-3,5,7,10,14,19-21,24,26,41,47-48H,4,6,8-9,11-13,15-16H2/t19-,20+,21+,24-,26?,34+/m1/s1. The average Bonchev–Trinajstić information content (AvgIpc) is 3.67. The lowest BCUT2D eigenvalue weighted by molar-refractivity contribution is -0.137. The van der Waals surface area contributed by atoms with E-state index in [2.05, 4.69) is 10.3 Å². The number of amides is 1. The molecule has 5 aliphatic rings. The fraction of sp³-hybridized carbons (Fsp3) is 0.457. The number of hydrogen-bond donors (Lipinski definition) is 3. The van der Waals surface area contributed by atoms with E-state index in [9.17, 15) is 33.0 Å². The molecule has 2 saturated carbocycles. The van der Waals surface area contributed by atoms with Gasteiger partial charge in [0.25, 0.3) is 11.5 Å². The van der Waals surface area contributed by atoms with Gasteiger partial charge < -0.3 is 29.7 Å². The van der Waals surface area contributed by atoms with Crippen molar-refractivity contribution in [3.63, 3.8) is 0 Å². The summed E-state index contributed by atoms with van der Waals surface area (Å²) in [4.78, 5) is 39.1. The minimum absolute atomic E-state index is 0.00600.